The first kappa shape index (κ1) is 26.0. The van der Waals surface area contributed by atoms with Crippen LogP contribution < -0.4 is 5.73 Å². The number of methoxy groups -OCH3 is 1. The van der Waals surface area contributed by atoms with Gasteiger partial charge in [0.2, 0.25) is 11.8 Å². The number of nitrogens with zero attached hydrogens (tertiary/aromatic N) is 3. The molecule has 1 aromatic rings. The van der Waals surface area contributed by atoms with Gasteiger partial charge >= 0.3 is 6.03 Å². The lowest BCUT2D eigenvalue weighted by Gasteiger charge is -2.45. The molecule has 2 fully saturated rings. The molecule has 0 aromatic heterocycles. The summed E-state index contributed by atoms with van der Waals surface area (Å²) >= 11 is 0. The smallest absolute Gasteiger partial charge is 0.320 e. The standard InChI is InChI=1S/C25H38N4O5/c1-3-4-10-21(23(26)30)28-15-16-29(22(24(28)31)17-19-8-6-5-7-9-19)25(32)27-13-11-20(12-14-27)34-18-33-2/h5-9,20-22H,3-4,10-18H2,1-2H3,(H2,26,30)/t21-,22-/m0/s1. The average molecular weight is 475 g/mol. The molecule has 2 heterocycles. The number of hydrogen-bond acceptors (Lipinski definition) is 5. The van der Waals surface area contributed by atoms with Crippen molar-refractivity contribution in [3.63, 3.8) is 0 Å². The molecular weight excluding hydrogens is 436 g/mol. The van der Waals surface area contributed by atoms with Crippen LogP contribution in [0.3, 0.4) is 0 Å². The van der Waals surface area contributed by atoms with Crippen LogP contribution in [0, 0.1) is 0 Å². The summed E-state index contributed by atoms with van der Waals surface area (Å²) in [6.07, 6.45) is 4.18. The van der Waals surface area contributed by atoms with Crippen molar-refractivity contribution >= 4 is 17.8 Å². The topological polar surface area (TPSA) is 105 Å². The van der Waals surface area contributed by atoms with E-state index in [1.54, 1.807) is 21.8 Å². The van der Waals surface area contributed by atoms with Gasteiger partial charge < -0.3 is 29.9 Å². The number of piperazine rings is 1. The molecule has 2 atom stereocenters. The van der Waals surface area contributed by atoms with Crippen molar-refractivity contribution in [2.24, 2.45) is 5.73 Å². The second-order valence-corrected chi connectivity index (χ2v) is 9.03. The van der Waals surface area contributed by atoms with Crippen LogP contribution in [0.2, 0.25) is 0 Å². The monoisotopic (exact) mass is 474 g/mol. The summed E-state index contributed by atoms with van der Waals surface area (Å²) in [6, 6.07) is 8.22. The van der Waals surface area contributed by atoms with Crippen LogP contribution in [0.15, 0.2) is 30.3 Å². The largest absolute Gasteiger partial charge is 0.368 e. The number of amides is 4. The third kappa shape index (κ3) is 6.48. The molecule has 188 valence electrons. The third-order valence-electron chi connectivity index (χ3n) is 6.71. The number of carbonyl (C=O) groups excluding carboxylic acids is 3. The molecule has 3 rings (SSSR count). The predicted molar refractivity (Wildman–Crippen MR) is 128 cm³/mol. The van der Waals surface area contributed by atoms with E-state index in [1.807, 2.05) is 37.3 Å². The molecule has 0 radical (unpaired) electrons. The normalized spacial score (nSPS) is 20.5. The molecule has 1 aromatic carbocycles. The number of likely N-dealkylation sites (tertiary alicyclic amines) is 1. The van der Waals surface area contributed by atoms with Gasteiger partial charge in [-0.3, -0.25) is 9.59 Å². The summed E-state index contributed by atoms with van der Waals surface area (Å²) in [6.45, 7) is 4.10. The maximum atomic E-state index is 13.7. The van der Waals surface area contributed by atoms with Gasteiger partial charge in [0.05, 0.1) is 6.10 Å². The summed E-state index contributed by atoms with van der Waals surface area (Å²) < 4.78 is 10.6. The lowest BCUT2D eigenvalue weighted by molar-refractivity contribution is -0.147. The molecule has 2 aliphatic heterocycles. The molecular formula is C25H38N4O5. The zero-order valence-corrected chi connectivity index (χ0v) is 20.4. The minimum Gasteiger partial charge on any atom is -0.368 e. The lowest BCUT2D eigenvalue weighted by Crippen LogP contribution is -2.65. The molecule has 2 saturated heterocycles. The van der Waals surface area contributed by atoms with E-state index in [-0.39, 0.29) is 24.8 Å². The number of nitrogens with two attached hydrogens (primary N) is 1. The highest BCUT2D eigenvalue weighted by atomic mass is 16.7. The van der Waals surface area contributed by atoms with Gasteiger partial charge in [0.1, 0.15) is 18.9 Å². The van der Waals surface area contributed by atoms with Crippen LogP contribution in [0.1, 0.15) is 44.6 Å². The van der Waals surface area contributed by atoms with E-state index >= 15 is 0 Å². The lowest BCUT2D eigenvalue weighted by atomic mass is 9.98. The molecule has 2 N–H and O–H groups in total. The summed E-state index contributed by atoms with van der Waals surface area (Å²) in [4.78, 5) is 44.5. The van der Waals surface area contributed by atoms with Gasteiger partial charge in [0.15, 0.2) is 0 Å². The number of ether oxygens (including phenoxy) is 2. The Morgan fingerprint density at radius 2 is 1.82 bits per heavy atom. The van der Waals surface area contributed by atoms with Crippen molar-refractivity contribution in [1.82, 2.24) is 14.7 Å². The number of hydrogen-bond donors (Lipinski definition) is 1. The number of piperidine rings is 1. The fraction of sp³-hybridized carbons (Fsp3) is 0.640. The van der Waals surface area contributed by atoms with Crippen LogP contribution in [0.4, 0.5) is 4.79 Å². The first-order chi connectivity index (χ1) is 16.5. The summed E-state index contributed by atoms with van der Waals surface area (Å²) in [5.41, 5.74) is 6.65. The highest BCUT2D eigenvalue weighted by Gasteiger charge is 2.42. The average Bonchev–Trinajstić information content (AvgIpc) is 2.85. The van der Waals surface area contributed by atoms with Gasteiger partial charge in [-0.1, -0.05) is 50.1 Å². The molecule has 0 bridgehead atoms. The van der Waals surface area contributed by atoms with Crippen LogP contribution in [-0.4, -0.2) is 90.8 Å². The van der Waals surface area contributed by atoms with Crippen LogP contribution in [0.5, 0.6) is 0 Å². The minimum absolute atomic E-state index is 0.0671. The Morgan fingerprint density at radius 3 is 2.44 bits per heavy atom. The van der Waals surface area contributed by atoms with Crippen molar-refractivity contribution in [2.45, 2.75) is 63.6 Å². The van der Waals surface area contributed by atoms with E-state index in [0.29, 0.717) is 39.0 Å². The molecule has 0 saturated carbocycles. The second kappa shape index (κ2) is 12.7. The minimum atomic E-state index is -0.672. The number of carbonyl (C=O) groups is 3. The summed E-state index contributed by atoms with van der Waals surface area (Å²) in [7, 11) is 1.59. The number of unbranched alkanes of at least 4 members (excludes halogenated alkanes) is 1. The van der Waals surface area contributed by atoms with Crippen molar-refractivity contribution in [3.8, 4) is 0 Å². The number of primary amides is 1. The number of benzene rings is 1. The first-order valence-electron chi connectivity index (χ1n) is 12.3. The van der Waals surface area contributed by atoms with E-state index in [9.17, 15) is 14.4 Å². The van der Waals surface area contributed by atoms with Crippen LogP contribution >= 0.6 is 0 Å². The van der Waals surface area contributed by atoms with Crippen LogP contribution in [-0.2, 0) is 25.5 Å². The quantitative estimate of drug-likeness (QED) is 0.522. The Kier molecular flexibility index (Phi) is 9.71. The highest BCUT2D eigenvalue weighted by Crippen LogP contribution is 2.24. The fourth-order valence-corrected chi connectivity index (χ4v) is 4.79. The predicted octanol–water partition coefficient (Wildman–Crippen LogP) is 1.99. The molecule has 9 heteroatoms. The third-order valence-corrected chi connectivity index (χ3v) is 6.71. The molecule has 0 unspecified atom stereocenters. The Morgan fingerprint density at radius 1 is 1.12 bits per heavy atom. The molecule has 0 spiro atoms. The molecule has 4 amide bonds. The number of urea groups is 1. The van der Waals surface area contributed by atoms with Crippen molar-refractivity contribution in [2.75, 3.05) is 40.1 Å². The summed E-state index contributed by atoms with van der Waals surface area (Å²) in [5.74, 6) is -0.695. The Hall–Kier alpha value is -2.65. The van der Waals surface area contributed by atoms with E-state index in [4.69, 9.17) is 15.2 Å². The zero-order chi connectivity index (χ0) is 24.5. The van der Waals surface area contributed by atoms with E-state index < -0.39 is 18.0 Å². The van der Waals surface area contributed by atoms with Crippen molar-refractivity contribution in [1.29, 1.82) is 0 Å². The van der Waals surface area contributed by atoms with E-state index in [2.05, 4.69) is 0 Å². The Bertz CT molecular complexity index is 813. The fourth-order valence-electron chi connectivity index (χ4n) is 4.79. The van der Waals surface area contributed by atoms with E-state index in [1.165, 1.54) is 0 Å². The van der Waals surface area contributed by atoms with Gasteiger partial charge in [0, 0.05) is 39.7 Å². The maximum absolute atomic E-state index is 13.7. The van der Waals surface area contributed by atoms with Crippen molar-refractivity contribution in [3.05, 3.63) is 35.9 Å². The Balaban J connectivity index is 1.76. The van der Waals surface area contributed by atoms with E-state index in [0.717, 1.165) is 31.2 Å². The molecule has 34 heavy (non-hydrogen) atoms. The first-order valence-corrected chi connectivity index (χ1v) is 12.3. The van der Waals surface area contributed by atoms with Gasteiger partial charge in [0.25, 0.3) is 0 Å². The van der Waals surface area contributed by atoms with Gasteiger partial charge in [-0.05, 0) is 24.8 Å². The maximum Gasteiger partial charge on any atom is 0.320 e. The molecule has 2 aliphatic rings. The second-order valence-electron chi connectivity index (χ2n) is 9.03. The van der Waals surface area contributed by atoms with Crippen LogP contribution in [0.25, 0.3) is 0 Å². The zero-order valence-electron chi connectivity index (χ0n) is 20.4. The Labute approximate surface area is 202 Å². The van der Waals surface area contributed by atoms with Gasteiger partial charge in [-0.2, -0.15) is 0 Å². The molecule has 9 nitrogen and oxygen atoms in total. The van der Waals surface area contributed by atoms with Crippen molar-refractivity contribution < 1.29 is 23.9 Å². The molecule has 0 aliphatic carbocycles. The summed E-state index contributed by atoms with van der Waals surface area (Å²) in [5, 5.41) is 0. The highest BCUT2D eigenvalue weighted by molar-refractivity contribution is 5.92. The van der Waals surface area contributed by atoms with Gasteiger partial charge in [-0.15, -0.1) is 0 Å². The van der Waals surface area contributed by atoms with Gasteiger partial charge in [-0.25, -0.2) is 4.79 Å². The number of rotatable bonds is 10. The SMILES string of the molecule is CCCC[C@@H](C(N)=O)N1CCN(C(=O)N2CCC(OCOC)CC2)[C@@H](Cc2ccccc2)C1=O.